The summed E-state index contributed by atoms with van der Waals surface area (Å²) in [5.41, 5.74) is 0.516. The molecular formula is C21H17NO6. The lowest BCUT2D eigenvalue weighted by Crippen LogP contribution is -1.95. The molecule has 0 N–H and O–H groups in total. The van der Waals surface area contributed by atoms with Crippen molar-refractivity contribution in [3.8, 4) is 11.5 Å². The Hall–Kier alpha value is -3.87. The minimum absolute atomic E-state index is 0.00141. The van der Waals surface area contributed by atoms with Gasteiger partial charge in [0.15, 0.2) is 5.78 Å². The van der Waals surface area contributed by atoms with E-state index >= 15 is 0 Å². The molecule has 0 aliphatic carbocycles. The quantitative estimate of drug-likeness (QED) is 0.244. The zero-order chi connectivity index (χ0) is 19.9. The van der Waals surface area contributed by atoms with E-state index in [0.717, 1.165) is 0 Å². The van der Waals surface area contributed by atoms with Crippen molar-refractivity contribution in [2.24, 2.45) is 0 Å². The van der Waals surface area contributed by atoms with Gasteiger partial charge in [0.1, 0.15) is 29.6 Å². The van der Waals surface area contributed by atoms with Crippen LogP contribution in [0.1, 0.15) is 21.9 Å². The van der Waals surface area contributed by atoms with Crippen LogP contribution >= 0.6 is 0 Å². The second kappa shape index (κ2) is 8.68. The van der Waals surface area contributed by atoms with Crippen molar-refractivity contribution in [3.05, 3.63) is 93.9 Å². The van der Waals surface area contributed by atoms with Gasteiger partial charge in [-0.3, -0.25) is 14.9 Å². The summed E-state index contributed by atoms with van der Waals surface area (Å²) in [6.45, 7) is 0.162. The minimum atomic E-state index is -0.470. The lowest BCUT2D eigenvalue weighted by Gasteiger charge is -2.03. The summed E-state index contributed by atoms with van der Waals surface area (Å²) in [4.78, 5) is 22.4. The number of carbonyl (C=O) groups is 1. The van der Waals surface area contributed by atoms with Gasteiger partial charge in [0.2, 0.25) is 0 Å². The van der Waals surface area contributed by atoms with Crippen LogP contribution in [0.5, 0.6) is 11.5 Å². The van der Waals surface area contributed by atoms with E-state index in [9.17, 15) is 14.9 Å². The fourth-order valence-corrected chi connectivity index (χ4v) is 2.41. The Balaban J connectivity index is 1.58. The fraction of sp³-hybridized carbons (Fsp3) is 0.0952. The van der Waals surface area contributed by atoms with Crippen molar-refractivity contribution >= 4 is 17.5 Å². The van der Waals surface area contributed by atoms with E-state index in [-0.39, 0.29) is 18.1 Å². The first kappa shape index (κ1) is 18.9. The number of methoxy groups -OCH3 is 1. The zero-order valence-corrected chi connectivity index (χ0v) is 15.0. The van der Waals surface area contributed by atoms with Crippen LogP contribution in [0, 0.1) is 10.1 Å². The number of benzene rings is 2. The molecule has 0 saturated heterocycles. The predicted octanol–water partition coefficient (Wildman–Crippen LogP) is 4.67. The number of furan rings is 1. The van der Waals surface area contributed by atoms with Gasteiger partial charge in [-0.25, -0.2) is 0 Å². The highest BCUT2D eigenvalue weighted by Gasteiger charge is 2.07. The van der Waals surface area contributed by atoms with Crippen molar-refractivity contribution in [2.75, 3.05) is 7.11 Å². The number of rotatable bonds is 8. The Labute approximate surface area is 161 Å². The van der Waals surface area contributed by atoms with Gasteiger partial charge < -0.3 is 13.9 Å². The number of carbonyl (C=O) groups excluding carboxylic acids is 1. The Kier molecular flexibility index (Phi) is 5.86. The topological polar surface area (TPSA) is 91.8 Å². The number of ether oxygens (including phenoxy) is 2. The monoisotopic (exact) mass is 379 g/mol. The number of allylic oxidation sites excluding steroid dienone is 1. The van der Waals surface area contributed by atoms with E-state index in [4.69, 9.17) is 13.9 Å². The van der Waals surface area contributed by atoms with Gasteiger partial charge in [-0.05, 0) is 48.6 Å². The molecule has 0 radical (unpaired) electrons. The van der Waals surface area contributed by atoms with Crippen LogP contribution in [0.25, 0.3) is 6.08 Å². The molecule has 0 fully saturated rings. The van der Waals surface area contributed by atoms with Gasteiger partial charge in [0, 0.05) is 17.7 Å². The molecular weight excluding hydrogens is 362 g/mol. The predicted molar refractivity (Wildman–Crippen MR) is 102 cm³/mol. The summed E-state index contributed by atoms with van der Waals surface area (Å²) in [5.74, 6) is 2.01. The lowest BCUT2D eigenvalue weighted by atomic mass is 10.1. The molecule has 0 saturated carbocycles. The number of ketones is 1. The van der Waals surface area contributed by atoms with E-state index in [2.05, 4.69) is 0 Å². The molecule has 7 heteroatoms. The molecule has 7 nitrogen and oxygen atoms in total. The summed E-state index contributed by atoms with van der Waals surface area (Å²) in [7, 11) is 1.54. The number of nitrogens with zero attached hydrogens (tertiary/aromatic N) is 1. The summed E-state index contributed by atoms with van der Waals surface area (Å²) in [6.07, 6.45) is 3.01. The highest BCUT2D eigenvalue weighted by molar-refractivity contribution is 6.06. The third-order valence-corrected chi connectivity index (χ3v) is 3.86. The maximum atomic E-state index is 12.2. The Morgan fingerprint density at radius 1 is 1.11 bits per heavy atom. The largest absolute Gasteiger partial charge is 0.497 e. The molecule has 142 valence electrons. The Morgan fingerprint density at radius 3 is 2.61 bits per heavy atom. The van der Waals surface area contributed by atoms with Crippen molar-refractivity contribution in [1.82, 2.24) is 0 Å². The van der Waals surface area contributed by atoms with E-state index < -0.39 is 4.92 Å². The average Bonchev–Trinajstić information content (AvgIpc) is 3.18. The van der Waals surface area contributed by atoms with Gasteiger partial charge in [0.05, 0.1) is 12.0 Å². The van der Waals surface area contributed by atoms with Gasteiger partial charge >= 0.3 is 0 Å². The van der Waals surface area contributed by atoms with Crippen LogP contribution < -0.4 is 9.47 Å². The van der Waals surface area contributed by atoms with Gasteiger partial charge in [-0.1, -0.05) is 12.1 Å². The highest BCUT2D eigenvalue weighted by atomic mass is 16.6. The van der Waals surface area contributed by atoms with Crippen molar-refractivity contribution in [1.29, 1.82) is 0 Å². The lowest BCUT2D eigenvalue weighted by molar-refractivity contribution is -0.384. The number of hydrogen-bond acceptors (Lipinski definition) is 6. The summed E-state index contributed by atoms with van der Waals surface area (Å²) < 4.78 is 16.3. The molecule has 0 atom stereocenters. The van der Waals surface area contributed by atoms with Crippen molar-refractivity contribution in [2.45, 2.75) is 6.61 Å². The third-order valence-electron chi connectivity index (χ3n) is 3.86. The Morgan fingerprint density at radius 2 is 1.89 bits per heavy atom. The van der Waals surface area contributed by atoms with Gasteiger partial charge in [0.25, 0.3) is 5.69 Å². The highest BCUT2D eigenvalue weighted by Crippen LogP contribution is 2.19. The first-order chi connectivity index (χ1) is 13.5. The molecule has 0 bridgehead atoms. The number of nitro groups is 1. The van der Waals surface area contributed by atoms with Crippen LogP contribution in [0.4, 0.5) is 5.69 Å². The molecule has 28 heavy (non-hydrogen) atoms. The van der Waals surface area contributed by atoms with Crippen LogP contribution in [0.15, 0.2) is 71.2 Å². The summed E-state index contributed by atoms with van der Waals surface area (Å²) >= 11 is 0. The van der Waals surface area contributed by atoms with Gasteiger partial charge in [-0.2, -0.15) is 0 Å². The standard InChI is InChI=1S/C21H17NO6/c1-26-19-4-2-3-15(13-19)21(23)12-11-18-9-10-20(28-18)14-27-17-7-5-16(6-8-17)22(24)25/h2-13H,14H2,1H3/b12-11+. The molecule has 0 aliphatic rings. The summed E-state index contributed by atoms with van der Waals surface area (Å²) in [6, 6.07) is 16.1. The molecule has 3 rings (SSSR count). The van der Waals surface area contributed by atoms with Crippen molar-refractivity contribution < 1.29 is 23.6 Å². The fourth-order valence-electron chi connectivity index (χ4n) is 2.41. The average molecular weight is 379 g/mol. The molecule has 0 aliphatic heterocycles. The maximum Gasteiger partial charge on any atom is 0.269 e. The van der Waals surface area contributed by atoms with E-state index in [1.165, 1.54) is 30.3 Å². The first-order valence-electron chi connectivity index (χ1n) is 8.37. The number of hydrogen-bond donors (Lipinski definition) is 0. The second-order valence-electron chi connectivity index (χ2n) is 5.77. The molecule has 2 aromatic carbocycles. The van der Waals surface area contributed by atoms with Crippen LogP contribution in [0.3, 0.4) is 0 Å². The van der Waals surface area contributed by atoms with Crippen LogP contribution in [-0.2, 0) is 6.61 Å². The number of nitro benzene ring substituents is 1. The van der Waals surface area contributed by atoms with Crippen molar-refractivity contribution in [3.63, 3.8) is 0 Å². The third kappa shape index (κ3) is 4.85. The molecule has 3 aromatic rings. The molecule has 0 spiro atoms. The molecule has 1 aromatic heterocycles. The SMILES string of the molecule is COc1cccc(C(=O)/C=C/c2ccc(COc3ccc([N+](=O)[O-])cc3)o2)c1. The molecule has 0 amide bonds. The maximum absolute atomic E-state index is 12.2. The second-order valence-corrected chi connectivity index (χ2v) is 5.77. The van der Waals surface area contributed by atoms with E-state index in [1.54, 1.807) is 49.6 Å². The van der Waals surface area contributed by atoms with E-state index in [1.807, 2.05) is 0 Å². The smallest absolute Gasteiger partial charge is 0.269 e. The minimum Gasteiger partial charge on any atom is -0.497 e. The molecule has 1 heterocycles. The Bertz CT molecular complexity index is 1000. The zero-order valence-electron chi connectivity index (χ0n) is 15.0. The number of non-ortho nitro benzene ring substituents is 1. The van der Waals surface area contributed by atoms with Crippen LogP contribution in [0.2, 0.25) is 0 Å². The first-order valence-corrected chi connectivity index (χ1v) is 8.37. The van der Waals surface area contributed by atoms with E-state index in [0.29, 0.717) is 28.6 Å². The van der Waals surface area contributed by atoms with Gasteiger partial charge in [-0.15, -0.1) is 0 Å². The normalized spacial score (nSPS) is 10.8. The summed E-state index contributed by atoms with van der Waals surface area (Å²) in [5, 5.41) is 10.6. The molecule has 0 unspecified atom stereocenters. The van der Waals surface area contributed by atoms with Crippen LogP contribution in [-0.4, -0.2) is 17.8 Å².